The highest BCUT2D eigenvalue weighted by Crippen LogP contribution is 2.22. The summed E-state index contributed by atoms with van der Waals surface area (Å²) in [5, 5.41) is 12.3. The van der Waals surface area contributed by atoms with Gasteiger partial charge in [-0.25, -0.2) is 5.01 Å². The zero-order valence-electron chi connectivity index (χ0n) is 7.10. The van der Waals surface area contributed by atoms with Crippen LogP contribution in [-0.4, -0.2) is 23.0 Å². The fraction of sp³-hybridized carbons (Fsp3) is 0.250. The lowest BCUT2D eigenvalue weighted by Gasteiger charge is -2.19. The Bertz CT molecular complexity index is 343. The fourth-order valence-electron chi connectivity index (χ4n) is 1.46. The van der Waals surface area contributed by atoms with Gasteiger partial charge in [0.25, 0.3) is 5.70 Å². The Balaban J connectivity index is 2.29. The van der Waals surface area contributed by atoms with Crippen molar-refractivity contribution in [2.24, 2.45) is 0 Å². The van der Waals surface area contributed by atoms with Crippen molar-refractivity contribution in [2.75, 3.05) is 7.05 Å². The molecule has 0 aromatic carbocycles. The van der Waals surface area contributed by atoms with E-state index in [1.54, 1.807) is 12.3 Å². The van der Waals surface area contributed by atoms with E-state index in [2.05, 4.69) is 5.43 Å². The van der Waals surface area contributed by atoms with Gasteiger partial charge in [0.15, 0.2) is 0 Å². The van der Waals surface area contributed by atoms with E-state index < -0.39 is 0 Å². The number of fused-ring (bicyclic) bond motifs is 1. The minimum Gasteiger partial charge on any atom is -0.325 e. The first kappa shape index (κ1) is 8.00. The van der Waals surface area contributed by atoms with Gasteiger partial charge in [-0.3, -0.25) is 10.1 Å². The molecule has 2 rings (SSSR count). The Morgan fingerprint density at radius 2 is 2.46 bits per heavy atom. The van der Waals surface area contributed by atoms with E-state index >= 15 is 0 Å². The van der Waals surface area contributed by atoms with Gasteiger partial charge >= 0.3 is 0 Å². The molecule has 0 aromatic rings. The molecule has 0 fully saturated rings. The van der Waals surface area contributed by atoms with Crippen molar-refractivity contribution in [1.29, 1.82) is 0 Å². The summed E-state index contributed by atoms with van der Waals surface area (Å²) in [7, 11) is 1.89. The molecule has 0 saturated carbocycles. The van der Waals surface area contributed by atoms with E-state index in [4.69, 9.17) is 0 Å². The van der Waals surface area contributed by atoms with E-state index in [9.17, 15) is 10.1 Å². The number of nitro groups is 1. The predicted molar refractivity (Wildman–Crippen MR) is 47.0 cm³/mol. The van der Waals surface area contributed by atoms with Crippen LogP contribution in [0, 0.1) is 10.1 Å². The van der Waals surface area contributed by atoms with Crippen molar-refractivity contribution in [1.82, 2.24) is 10.4 Å². The SMILES string of the molecule is CN1NC=C2C=C([N+](=O)[O-])C=C[C@@H]21. The van der Waals surface area contributed by atoms with Gasteiger partial charge in [-0.2, -0.15) is 0 Å². The van der Waals surface area contributed by atoms with Crippen LogP contribution in [0.2, 0.25) is 0 Å². The number of rotatable bonds is 1. The third kappa shape index (κ3) is 1.23. The second-order valence-corrected chi connectivity index (χ2v) is 3.01. The summed E-state index contributed by atoms with van der Waals surface area (Å²) in [6.07, 6.45) is 6.70. The average Bonchev–Trinajstić information content (AvgIpc) is 2.47. The van der Waals surface area contributed by atoms with Gasteiger partial charge < -0.3 is 5.43 Å². The molecule has 0 amide bonds. The molecule has 5 nitrogen and oxygen atoms in total. The highest BCUT2D eigenvalue weighted by Gasteiger charge is 2.26. The molecule has 0 radical (unpaired) electrons. The normalized spacial score (nSPS) is 26.1. The molecule has 1 aliphatic carbocycles. The van der Waals surface area contributed by atoms with Crippen LogP contribution in [0.5, 0.6) is 0 Å². The van der Waals surface area contributed by atoms with Crippen LogP contribution < -0.4 is 5.43 Å². The average molecular weight is 179 g/mol. The lowest BCUT2D eigenvalue weighted by Crippen LogP contribution is -2.33. The first-order chi connectivity index (χ1) is 6.18. The molecule has 1 N–H and O–H groups in total. The molecule has 2 aliphatic rings. The smallest absolute Gasteiger partial charge is 0.269 e. The van der Waals surface area contributed by atoms with E-state index in [0.717, 1.165) is 5.57 Å². The number of hydrogen-bond donors (Lipinski definition) is 1. The van der Waals surface area contributed by atoms with Crippen LogP contribution in [0.3, 0.4) is 0 Å². The Morgan fingerprint density at radius 3 is 3.15 bits per heavy atom. The number of nitrogens with zero attached hydrogens (tertiary/aromatic N) is 2. The van der Waals surface area contributed by atoms with E-state index in [1.165, 1.54) is 6.08 Å². The third-order valence-corrected chi connectivity index (χ3v) is 2.17. The number of nitrogens with one attached hydrogen (secondary N) is 1. The van der Waals surface area contributed by atoms with Crippen molar-refractivity contribution < 1.29 is 4.92 Å². The molecule has 5 heteroatoms. The van der Waals surface area contributed by atoms with Crippen molar-refractivity contribution >= 4 is 0 Å². The highest BCUT2D eigenvalue weighted by atomic mass is 16.6. The molecular formula is C8H9N3O2. The largest absolute Gasteiger partial charge is 0.325 e. The van der Waals surface area contributed by atoms with Crippen molar-refractivity contribution in [3.05, 3.63) is 45.8 Å². The number of likely N-dealkylation sites (N-methyl/N-ethyl adjacent to an activating group) is 1. The second-order valence-electron chi connectivity index (χ2n) is 3.01. The first-order valence-electron chi connectivity index (χ1n) is 3.92. The van der Waals surface area contributed by atoms with Gasteiger partial charge in [0.05, 0.1) is 11.0 Å². The lowest BCUT2D eigenvalue weighted by atomic mass is 10.0. The molecule has 0 aromatic heterocycles. The molecule has 0 spiro atoms. The number of hydrazine groups is 1. The Labute approximate surface area is 75.1 Å². The van der Waals surface area contributed by atoms with Gasteiger partial charge in [-0.15, -0.1) is 0 Å². The summed E-state index contributed by atoms with van der Waals surface area (Å²) < 4.78 is 0. The minimum atomic E-state index is -0.383. The maximum absolute atomic E-state index is 10.4. The highest BCUT2D eigenvalue weighted by molar-refractivity contribution is 5.40. The summed E-state index contributed by atoms with van der Waals surface area (Å²) in [4.78, 5) is 10.1. The molecule has 0 saturated heterocycles. The third-order valence-electron chi connectivity index (χ3n) is 2.17. The van der Waals surface area contributed by atoms with Gasteiger partial charge in [0, 0.05) is 25.4 Å². The molecular weight excluding hydrogens is 170 g/mol. The molecule has 0 bridgehead atoms. The molecule has 13 heavy (non-hydrogen) atoms. The zero-order chi connectivity index (χ0) is 9.42. The lowest BCUT2D eigenvalue weighted by molar-refractivity contribution is -0.419. The zero-order valence-corrected chi connectivity index (χ0v) is 7.10. The molecule has 1 aliphatic heterocycles. The van der Waals surface area contributed by atoms with Crippen LogP contribution >= 0.6 is 0 Å². The maximum atomic E-state index is 10.4. The molecule has 1 atom stereocenters. The monoisotopic (exact) mass is 179 g/mol. The maximum Gasteiger partial charge on any atom is 0.269 e. The van der Waals surface area contributed by atoms with E-state index in [0.29, 0.717) is 0 Å². The summed E-state index contributed by atoms with van der Waals surface area (Å²) in [6, 6.07) is 0.128. The molecule has 0 unspecified atom stereocenters. The minimum absolute atomic E-state index is 0.128. The number of allylic oxidation sites excluding steroid dienone is 1. The van der Waals surface area contributed by atoms with Crippen molar-refractivity contribution in [3.63, 3.8) is 0 Å². The summed E-state index contributed by atoms with van der Waals surface area (Å²) >= 11 is 0. The number of hydrogen-bond acceptors (Lipinski definition) is 4. The Morgan fingerprint density at radius 1 is 1.69 bits per heavy atom. The van der Waals surface area contributed by atoms with Crippen LogP contribution in [0.15, 0.2) is 35.7 Å². The summed E-state index contributed by atoms with van der Waals surface area (Å²) in [5.74, 6) is 0. The molecule has 68 valence electrons. The fourth-order valence-corrected chi connectivity index (χ4v) is 1.46. The van der Waals surface area contributed by atoms with Crippen molar-refractivity contribution in [3.8, 4) is 0 Å². The van der Waals surface area contributed by atoms with Gasteiger partial charge in [0.1, 0.15) is 0 Å². The predicted octanol–water partition coefficient (Wildman–Crippen LogP) is 0.419. The quantitative estimate of drug-likeness (QED) is 0.468. The van der Waals surface area contributed by atoms with Crippen LogP contribution in [0.4, 0.5) is 0 Å². The van der Waals surface area contributed by atoms with Gasteiger partial charge in [-0.1, -0.05) is 6.08 Å². The van der Waals surface area contributed by atoms with E-state index in [-0.39, 0.29) is 16.7 Å². The van der Waals surface area contributed by atoms with Crippen molar-refractivity contribution in [2.45, 2.75) is 6.04 Å². The Hall–Kier alpha value is -1.62. The van der Waals surface area contributed by atoms with E-state index in [1.807, 2.05) is 18.1 Å². The van der Waals surface area contributed by atoms with Gasteiger partial charge in [0.2, 0.25) is 0 Å². The van der Waals surface area contributed by atoms with Crippen LogP contribution in [-0.2, 0) is 0 Å². The first-order valence-corrected chi connectivity index (χ1v) is 3.92. The second kappa shape index (κ2) is 2.70. The Kier molecular flexibility index (Phi) is 1.66. The van der Waals surface area contributed by atoms with Gasteiger partial charge in [-0.05, 0) is 5.57 Å². The molecule has 1 heterocycles. The standard InChI is InChI=1S/C8H9N3O2/c1-10-8-3-2-7(11(12)13)4-6(8)5-9-10/h2-5,8-9H,1H3/t8-/m0/s1. The van der Waals surface area contributed by atoms with Crippen LogP contribution in [0.25, 0.3) is 0 Å². The summed E-state index contributed by atoms with van der Waals surface area (Å²) in [5.41, 5.74) is 4.04. The topological polar surface area (TPSA) is 58.4 Å². The summed E-state index contributed by atoms with van der Waals surface area (Å²) in [6.45, 7) is 0. The van der Waals surface area contributed by atoms with Crippen LogP contribution in [0.1, 0.15) is 0 Å².